The molecule has 0 bridgehead atoms. The summed E-state index contributed by atoms with van der Waals surface area (Å²) in [5.41, 5.74) is 1.31. The topological polar surface area (TPSA) is 20.3 Å². The minimum Gasteiger partial charge on any atom is -0.339 e. The van der Waals surface area contributed by atoms with Crippen LogP contribution in [0.25, 0.3) is 0 Å². The maximum atomic E-state index is 12.6. The summed E-state index contributed by atoms with van der Waals surface area (Å²) in [7, 11) is 0. The van der Waals surface area contributed by atoms with Crippen LogP contribution in [0.3, 0.4) is 0 Å². The molecule has 1 heterocycles. The number of benzene rings is 2. The molecular formula is C19H20ClNOS. The molecule has 1 aliphatic heterocycles. The van der Waals surface area contributed by atoms with Gasteiger partial charge in [-0.3, -0.25) is 4.79 Å². The molecule has 1 amide bonds. The number of halogens is 1. The van der Waals surface area contributed by atoms with Crippen LogP contribution in [0.15, 0.2) is 59.5 Å². The van der Waals surface area contributed by atoms with Crippen LogP contribution in [-0.2, 0) is 11.2 Å². The van der Waals surface area contributed by atoms with E-state index in [1.165, 1.54) is 5.56 Å². The molecule has 1 atom stereocenters. The highest BCUT2D eigenvalue weighted by atomic mass is 35.5. The fourth-order valence-electron chi connectivity index (χ4n) is 3.02. The van der Waals surface area contributed by atoms with Gasteiger partial charge in [0.05, 0.1) is 5.75 Å². The Balaban J connectivity index is 1.56. The Morgan fingerprint density at radius 3 is 2.61 bits per heavy atom. The molecule has 2 aromatic carbocycles. The lowest BCUT2D eigenvalue weighted by Crippen LogP contribution is -2.37. The number of amides is 1. The summed E-state index contributed by atoms with van der Waals surface area (Å²) in [4.78, 5) is 15.7. The molecule has 0 N–H and O–H groups in total. The van der Waals surface area contributed by atoms with E-state index in [0.29, 0.717) is 11.8 Å². The normalized spacial score (nSPS) is 17.4. The van der Waals surface area contributed by atoms with Crippen molar-refractivity contribution in [2.75, 3.05) is 12.3 Å². The third-order valence-corrected chi connectivity index (χ3v) is 5.44. The van der Waals surface area contributed by atoms with Crippen LogP contribution < -0.4 is 0 Å². The van der Waals surface area contributed by atoms with Gasteiger partial charge in [0.1, 0.15) is 0 Å². The Labute approximate surface area is 146 Å². The highest BCUT2D eigenvalue weighted by Crippen LogP contribution is 2.25. The first-order valence-corrected chi connectivity index (χ1v) is 9.30. The van der Waals surface area contributed by atoms with E-state index in [1.807, 2.05) is 30.3 Å². The van der Waals surface area contributed by atoms with Crippen LogP contribution in [0.1, 0.15) is 18.4 Å². The van der Waals surface area contributed by atoms with Crippen molar-refractivity contribution in [2.45, 2.75) is 30.2 Å². The summed E-state index contributed by atoms with van der Waals surface area (Å²) in [5.74, 6) is 0.732. The minimum atomic E-state index is 0.239. The predicted octanol–water partition coefficient (Wildman–Crippen LogP) is 4.67. The van der Waals surface area contributed by atoms with E-state index in [1.54, 1.807) is 11.8 Å². The summed E-state index contributed by atoms with van der Waals surface area (Å²) >= 11 is 7.47. The second kappa shape index (κ2) is 7.89. The molecule has 3 rings (SSSR count). The molecule has 23 heavy (non-hydrogen) atoms. The van der Waals surface area contributed by atoms with E-state index >= 15 is 0 Å². The lowest BCUT2D eigenvalue weighted by Gasteiger charge is -2.25. The van der Waals surface area contributed by atoms with E-state index in [-0.39, 0.29) is 5.91 Å². The largest absolute Gasteiger partial charge is 0.339 e. The Morgan fingerprint density at radius 2 is 1.87 bits per heavy atom. The van der Waals surface area contributed by atoms with E-state index in [0.717, 1.165) is 35.7 Å². The molecule has 0 aromatic heterocycles. The molecule has 1 unspecified atom stereocenters. The third kappa shape index (κ3) is 4.52. The molecule has 2 aromatic rings. The first-order valence-electron chi connectivity index (χ1n) is 7.94. The van der Waals surface area contributed by atoms with E-state index < -0.39 is 0 Å². The zero-order valence-electron chi connectivity index (χ0n) is 13.0. The summed E-state index contributed by atoms with van der Waals surface area (Å²) in [6.45, 7) is 0.886. The number of carbonyl (C=O) groups excluding carboxylic acids is 1. The minimum absolute atomic E-state index is 0.239. The van der Waals surface area contributed by atoms with Crippen molar-refractivity contribution in [1.82, 2.24) is 4.90 Å². The van der Waals surface area contributed by atoms with Crippen LogP contribution in [0.2, 0.25) is 5.02 Å². The Hall–Kier alpha value is -1.45. The summed E-state index contributed by atoms with van der Waals surface area (Å²) in [6, 6.07) is 18.4. The maximum Gasteiger partial charge on any atom is 0.233 e. The summed E-state index contributed by atoms with van der Waals surface area (Å²) < 4.78 is 0. The van der Waals surface area contributed by atoms with Gasteiger partial charge in [0, 0.05) is 22.5 Å². The number of likely N-dealkylation sites (tertiary alicyclic amines) is 1. The molecule has 1 aliphatic rings. The van der Waals surface area contributed by atoms with Gasteiger partial charge in [-0.15, -0.1) is 11.8 Å². The smallest absolute Gasteiger partial charge is 0.233 e. The Bertz CT molecular complexity index is 644. The van der Waals surface area contributed by atoms with E-state index in [2.05, 4.69) is 29.2 Å². The van der Waals surface area contributed by atoms with Crippen LogP contribution in [0, 0.1) is 0 Å². The van der Waals surface area contributed by atoms with Crippen molar-refractivity contribution in [2.24, 2.45) is 0 Å². The first kappa shape index (κ1) is 16.4. The monoisotopic (exact) mass is 345 g/mol. The number of hydrogen-bond acceptors (Lipinski definition) is 2. The zero-order chi connectivity index (χ0) is 16.1. The zero-order valence-corrected chi connectivity index (χ0v) is 14.5. The highest BCUT2D eigenvalue weighted by molar-refractivity contribution is 8.00. The number of thioether (sulfide) groups is 1. The van der Waals surface area contributed by atoms with E-state index in [9.17, 15) is 4.79 Å². The van der Waals surface area contributed by atoms with Gasteiger partial charge in [-0.05, 0) is 49.1 Å². The maximum absolute atomic E-state index is 12.6. The third-order valence-electron chi connectivity index (χ3n) is 4.19. The quantitative estimate of drug-likeness (QED) is 0.734. The van der Waals surface area contributed by atoms with Crippen molar-refractivity contribution >= 4 is 29.3 Å². The standard InChI is InChI=1S/C19H20ClNOS/c20-16-8-10-18(11-9-16)23-14-19(22)21-12-4-7-17(21)13-15-5-2-1-3-6-15/h1-3,5-6,8-11,17H,4,7,12-14H2. The first-order chi connectivity index (χ1) is 11.2. The lowest BCUT2D eigenvalue weighted by molar-refractivity contribution is -0.129. The molecule has 1 fully saturated rings. The number of carbonyl (C=O) groups is 1. The van der Waals surface area contributed by atoms with Gasteiger partial charge in [0.25, 0.3) is 0 Å². The second-order valence-corrected chi connectivity index (χ2v) is 7.30. The van der Waals surface area contributed by atoms with Crippen molar-refractivity contribution in [3.05, 3.63) is 65.2 Å². The second-order valence-electron chi connectivity index (χ2n) is 5.82. The molecule has 0 radical (unpaired) electrons. The highest BCUT2D eigenvalue weighted by Gasteiger charge is 2.28. The van der Waals surface area contributed by atoms with Gasteiger partial charge < -0.3 is 4.90 Å². The molecule has 120 valence electrons. The number of nitrogens with zero attached hydrogens (tertiary/aromatic N) is 1. The molecule has 4 heteroatoms. The van der Waals surface area contributed by atoms with Crippen LogP contribution in [0.4, 0.5) is 0 Å². The van der Waals surface area contributed by atoms with Crippen LogP contribution in [-0.4, -0.2) is 29.1 Å². The number of hydrogen-bond donors (Lipinski definition) is 0. The van der Waals surface area contributed by atoms with Gasteiger partial charge >= 0.3 is 0 Å². The van der Waals surface area contributed by atoms with Gasteiger partial charge in [0.2, 0.25) is 5.91 Å². The Morgan fingerprint density at radius 1 is 1.13 bits per heavy atom. The van der Waals surface area contributed by atoms with Crippen molar-refractivity contribution < 1.29 is 4.79 Å². The molecule has 2 nitrogen and oxygen atoms in total. The SMILES string of the molecule is O=C(CSc1ccc(Cl)cc1)N1CCCC1Cc1ccccc1. The summed E-state index contributed by atoms with van der Waals surface area (Å²) in [5, 5.41) is 0.725. The fraction of sp³-hybridized carbons (Fsp3) is 0.316. The average Bonchev–Trinajstić information content (AvgIpc) is 3.03. The lowest BCUT2D eigenvalue weighted by atomic mass is 10.0. The predicted molar refractivity (Wildman–Crippen MR) is 97.1 cm³/mol. The van der Waals surface area contributed by atoms with Gasteiger partial charge in [0.15, 0.2) is 0 Å². The molecule has 1 saturated heterocycles. The van der Waals surface area contributed by atoms with Gasteiger partial charge in [-0.1, -0.05) is 41.9 Å². The Kier molecular flexibility index (Phi) is 5.63. The molecule has 0 spiro atoms. The van der Waals surface area contributed by atoms with Gasteiger partial charge in [-0.2, -0.15) is 0 Å². The van der Waals surface area contributed by atoms with Crippen LogP contribution in [0.5, 0.6) is 0 Å². The van der Waals surface area contributed by atoms with E-state index in [4.69, 9.17) is 11.6 Å². The van der Waals surface area contributed by atoms with Crippen molar-refractivity contribution in [3.8, 4) is 0 Å². The molecule has 0 aliphatic carbocycles. The van der Waals surface area contributed by atoms with Crippen molar-refractivity contribution in [1.29, 1.82) is 0 Å². The summed E-state index contributed by atoms with van der Waals surface area (Å²) in [6.07, 6.45) is 3.17. The van der Waals surface area contributed by atoms with Crippen molar-refractivity contribution in [3.63, 3.8) is 0 Å². The fourth-order valence-corrected chi connectivity index (χ4v) is 3.93. The van der Waals surface area contributed by atoms with Gasteiger partial charge in [-0.25, -0.2) is 0 Å². The number of rotatable bonds is 5. The van der Waals surface area contributed by atoms with Crippen LogP contribution >= 0.6 is 23.4 Å². The molecular weight excluding hydrogens is 326 g/mol. The molecule has 0 saturated carbocycles. The average molecular weight is 346 g/mol.